The van der Waals surface area contributed by atoms with Crippen LogP contribution in [0, 0.1) is 12.7 Å². The molecule has 0 fully saturated rings. The molecule has 0 saturated heterocycles. The molecule has 2 aromatic carbocycles. The third-order valence-electron chi connectivity index (χ3n) is 5.47. The Morgan fingerprint density at radius 2 is 2.06 bits per heavy atom. The van der Waals surface area contributed by atoms with E-state index in [1.807, 2.05) is 17.6 Å². The van der Waals surface area contributed by atoms with E-state index in [9.17, 15) is 9.18 Å². The quantitative estimate of drug-likeness (QED) is 0.345. The fourth-order valence-electron chi connectivity index (χ4n) is 3.68. The van der Waals surface area contributed by atoms with Crippen LogP contribution in [0.2, 0.25) is 5.02 Å². The molecule has 5 rings (SSSR count). The van der Waals surface area contributed by atoms with E-state index in [0.717, 1.165) is 15.8 Å². The summed E-state index contributed by atoms with van der Waals surface area (Å²) in [5.41, 5.74) is 4.31. The zero-order valence-corrected chi connectivity index (χ0v) is 21.0. The molecule has 0 saturated carbocycles. The van der Waals surface area contributed by atoms with E-state index in [1.54, 1.807) is 36.1 Å². The number of nitrogens with zero attached hydrogens (tertiary/aromatic N) is 8. The number of amides is 2. The molecule has 0 unspecified atom stereocenters. The largest absolute Gasteiger partial charge is 0.331 e. The highest BCUT2D eigenvalue weighted by Crippen LogP contribution is 2.20. The van der Waals surface area contributed by atoms with Crippen LogP contribution in [0.15, 0.2) is 48.2 Å². The standard InChI is InChI=1S/C23H21ClFN9OS/c1-14-30-21(34(31-14)16-4-5-17(24)18(25)8-16)9-26-23(35)32(2)11-22-27-12-29-33(22)10-15-3-6-19-20(7-15)36-13-28-19/h3-8,12-13H,9-11H2,1-2H3,(H,26,35). The number of hydrogen-bond donors (Lipinski definition) is 1. The van der Waals surface area contributed by atoms with Gasteiger partial charge in [-0.15, -0.1) is 11.3 Å². The van der Waals surface area contributed by atoms with Crippen LogP contribution in [0.1, 0.15) is 23.0 Å². The van der Waals surface area contributed by atoms with Gasteiger partial charge in [0.1, 0.15) is 23.8 Å². The van der Waals surface area contributed by atoms with Crippen LogP contribution in [0.5, 0.6) is 0 Å². The highest BCUT2D eigenvalue weighted by atomic mass is 35.5. The van der Waals surface area contributed by atoms with Crippen molar-refractivity contribution in [2.75, 3.05) is 7.05 Å². The first-order chi connectivity index (χ1) is 17.4. The van der Waals surface area contributed by atoms with Gasteiger partial charge in [-0.25, -0.2) is 33.5 Å². The second-order valence-corrected chi connectivity index (χ2v) is 9.38. The Morgan fingerprint density at radius 3 is 2.89 bits per heavy atom. The van der Waals surface area contributed by atoms with Crippen LogP contribution in [-0.2, 0) is 19.6 Å². The number of halogens is 2. The summed E-state index contributed by atoms with van der Waals surface area (Å²) in [6.07, 6.45) is 1.48. The maximum atomic E-state index is 13.9. The lowest BCUT2D eigenvalue weighted by atomic mass is 10.2. The SMILES string of the molecule is Cc1nc(CNC(=O)N(C)Cc2ncnn2Cc2ccc3ncsc3c2)n(-c2ccc(Cl)c(F)c2)n1. The minimum absolute atomic E-state index is 0.0176. The van der Waals surface area contributed by atoms with Crippen LogP contribution in [0.4, 0.5) is 9.18 Å². The lowest BCUT2D eigenvalue weighted by Crippen LogP contribution is -2.37. The summed E-state index contributed by atoms with van der Waals surface area (Å²) >= 11 is 7.37. The van der Waals surface area contributed by atoms with Gasteiger partial charge in [0.25, 0.3) is 0 Å². The van der Waals surface area contributed by atoms with Gasteiger partial charge in [0, 0.05) is 13.1 Å². The molecule has 3 heterocycles. The van der Waals surface area contributed by atoms with Crippen molar-refractivity contribution in [2.45, 2.75) is 26.6 Å². The molecule has 0 aliphatic heterocycles. The van der Waals surface area contributed by atoms with Gasteiger partial charge < -0.3 is 10.2 Å². The molecular weight excluding hydrogens is 505 g/mol. The number of aryl methyl sites for hydroxylation is 1. The van der Waals surface area contributed by atoms with Crippen molar-refractivity contribution < 1.29 is 9.18 Å². The normalized spacial score (nSPS) is 11.2. The summed E-state index contributed by atoms with van der Waals surface area (Å²) in [5, 5.41) is 11.5. The van der Waals surface area contributed by atoms with Gasteiger partial charge in [0.2, 0.25) is 0 Å². The average Bonchev–Trinajstić information content (AvgIpc) is 3.59. The lowest BCUT2D eigenvalue weighted by Gasteiger charge is -2.18. The predicted molar refractivity (Wildman–Crippen MR) is 134 cm³/mol. The molecule has 0 bridgehead atoms. The number of thiazole rings is 1. The first-order valence-electron chi connectivity index (χ1n) is 10.9. The van der Waals surface area contributed by atoms with Gasteiger partial charge in [0.05, 0.1) is 46.1 Å². The zero-order chi connectivity index (χ0) is 25.2. The molecule has 0 spiro atoms. The second kappa shape index (κ2) is 9.99. The average molecular weight is 526 g/mol. The van der Waals surface area contributed by atoms with Crippen LogP contribution >= 0.6 is 22.9 Å². The molecule has 3 aromatic heterocycles. The monoisotopic (exact) mass is 525 g/mol. The van der Waals surface area contributed by atoms with Crippen molar-refractivity contribution in [2.24, 2.45) is 0 Å². The number of carbonyl (C=O) groups excluding carboxylic acids is 1. The molecule has 5 aromatic rings. The zero-order valence-electron chi connectivity index (χ0n) is 19.4. The molecule has 10 nitrogen and oxygen atoms in total. The van der Waals surface area contributed by atoms with E-state index in [1.165, 1.54) is 28.0 Å². The molecule has 184 valence electrons. The van der Waals surface area contributed by atoms with Crippen molar-refractivity contribution in [1.82, 2.24) is 44.7 Å². The van der Waals surface area contributed by atoms with E-state index < -0.39 is 5.82 Å². The lowest BCUT2D eigenvalue weighted by molar-refractivity contribution is 0.204. The molecule has 2 amide bonds. The molecule has 36 heavy (non-hydrogen) atoms. The Morgan fingerprint density at radius 1 is 1.19 bits per heavy atom. The third-order valence-corrected chi connectivity index (χ3v) is 6.57. The molecule has 1 N–H and O–H groups in total. The van der Waals surface area contributed by atoms with Gasteiger partial charge in [-0.1, -0.05) is 17.7 Å². The minimum atomic E-state index is -0.562. The summed E-state index contributed by atoms with van der Waals surface area (Å²) in [5.74, 6) is 1.03. The summed E-state index contributed by atoms with van der Waals surface area (Å²) in [6.45, 7) is 2.59. The molecule has 0 aliphatic carbocycles. The van der Waals surface area contributed by atoms with Crippen molar-refractivity contribution in [3.8, 4) is 5.69 Å². The number of aromatic nitrogens is 7. The Balaban J connectivity index is 1.23. The fraction of sp³-hybridized carbons (Fsp3) is 0.217. The molecule has 13 heteroatoms. The number of urea groups is 1. The topological polar surface area (TPSA) is 107 Å². The Hall–Kier alpha value is -3.90. The summed E-state index contributed by atoms with van der Waals surface area (Å²) in [6, 6.07) is 10.1. The second-order valence-electron chi connectivity index (χ2n) is 8.09. The minimum Gasteiger partial charge on any atom is -0.331 e. The van der Waals surface area contributed by atoms with Crippen molar-refractivity contribution in [1.29, 1.82) is 0 Å². The van der Waals surface area contributed by atoms with Crippen LogP contribution in [0.3, 0.4) is 0 Å². The summed E-state index contributed by atoms with van der Waals surface area (Å²) in [7, 11) is 1.67. The van der Waals surface area contributed by atoms with E-state index in [2.05, 4.69) is 36.5 Å². The Bertz CT molecular complexity index is 1550. The smallest absolute Gasteiger partial charge is 0.317 e. The first kappa shape index (κ1) is 23.8. The van der Waals surface area contributed by atoms with Gasteiger partial charge in [-0.3, -0.25) is 0 Å². The number of benzene rings is 2. The van der Waals surface area contributed by atoms with E-state index in [0.29, 0.717) is 29.7 Å². The highest BCUT2D eigenvalue weighted by Gasteiger charge is 2.16. The molecule has 0 aliphatic rings. The maximum Gasteiger partial charge on any atom is 0.317 e. The van der Waals surface area contributed by atoms with Gasteiger partial charge >= 0.3 is 6.03 Å². The van der Waals surface area contributed by atoms with Crippen molar-refractivity contribution in [3.05, 3.63) is 82.1 Å². The van der Waals surface area contributed by atoms with Crippen molar-refractivity contribution in [3.63, 3.8) is 0 Å². The highest BCUT2D eigenvalue weighted by molar-refractivity contribution is 7.16. The number of hydrogen-bond acceptors (Lipinski definition) is 7. The van der Waals surface area contributed by atoms with Gasteiger partial charge in [-0.05, 0) is 36.8 Å². The predicted octanol–water partition coefficient (Wildman–Crippen LogP) is 3.96. The van der Waals surface area contributed by atoms with E-state index in [4.69, 9.17) is 11.6 Å². The molecular formula is C23H21ClFN9OS. The van der Waals surface area contributed by atoms with Gasteiger partial charge in [-0.2, -0.15) is 10.2 Å². The van der Waals surface area contributed by atoms with Crippen LogP contribution in [-0.4, -0.2) is 52.5 Å². The first-order valence-corrected chi connectivity index (χ1v) is 12.2. The summed E-state index contributed by atoms with van der Waals surface area (Å²) in [4.78, 5) is 27.3. The molecule has 0 radical (unpaired) electrons. The number of rotatable bonds is 7. The Kier molecular flexibility index (Phi) is 6.61. The third kappa shape index (κ3) is 5.04. The number of fused-ring (bicyclic) bond motifs is 1. The van der Waals surface area contributed by atoms with E-state index >= 15 is 0 Å². The fourth-order valence-corrected chi connectivity index (χ4v) is 4.54. The molecule has 0 atom stereocenters. The Labute approximate surface area is 214 Å². The number of carbonyl (C=O) groups is 1. The van der Waals surface area contributed by atoms with Crippen LogP contribution < -0.4 is 5.32 Å². The number of nitrogens with one attached hydrogen (secondary N) is 1. The van der Waals surface area contributed by atoms with E-state index in [-0.39, 0.29) is 24.1 Å². The van der Waals surface area contributed by atoms with Crippen molar-refractivity contribution >= 4 is 39.2 Å². The summed E-state index contributed by atoms with van der Waals surface area (Å²) < 4.78 is 18.3. The van der Waals surface area contributed by atoms with Gasteiger partial charge in [0.15, 0.2) is 5.82 Å². The van der Waals surface area contributed by atoms with Crippen LogP contribution in [0.25, 0.3) is 15.9 Å². The maximum absolute atomic E-state index is 13.9.